The highest BCUT2D eigenvalue weighted by molar-refractivity contribution is 7.91. The predicted molar refractivity (Wildman–Crippen MR) is 122 cm³/mol. The summed E-state index contributed by atoms with van der Waals surface area (Å²) < 4.78 is 24.1. The second-order valence-electron chi connectivity index (χ2n) is 8.33. The Morgan fingerprint density at radius 1 is 1.23 bits per heavy atom. The molecule has 0 saturated carbocycles. The van der Waals surface area contributed by atoms with Gasteiger partial charge in [-0.1, -0.05) is 43.7 Å². The van der Waals surface area contributed by atoms with Gasteiger partial charge >= 0.3 is 0 Å². The average molecular weight is 447 g/mol. The van der Waals surface area contributed by atoms with Gasteiger partial charge in [0.25, 0.3) is 0 Å². The molecule has 5 nitrogen and oxygen atoms in total. The van der Waals surface area contributed by atoms with Crippen LogP contribution in [0.25, 0.3) is 0 Å². The summed E-state index contributed by atoms with van der Waals surface area (Å²) in [5.74, 6) is 0.367. The number of hydrogen-bond donors (Lipinski definition) is 0. The number of benzene rings is 1. The van der Waals surface area contributed by atoms with Gasteiger partial charge in [0, 0.05) is 24.0 Å². The topological polar surface area (TPSA) is 57.7 Å². The van der Waals surface area contributed by atoms with Crippen LogP contribution in [0.15, 0.2) is 41.8 Å². The van der Waals surface area contributed by atoms with Crippen molar-refractivity contribution in [3.63, 3.8) is 0 Å². The van der Waals surface area contributed by atoms with Gasteiger partial charge in [0.1, 0.15) is 0 Å². The summed E-state index contributed by atoms with van der Waals surface area (Å²) in [6, 6.07) is 12.5. The number of unbranched alkanes of at least 4 members (excludes halogenated alkanes) is 1. The number of fused-ring (bicyclic) bond motifs is 1. The highest BCUT2D eigenvalue weighted by Crippen LogP contribution is 2.37. The smallest absolute Gasteiger partial charge is 0.237 e. The van der Waals surface area contributed by atoms with Gasteiger partial charge in [0.2, 0.25) is 5.91 Å². The molecule has 2 aliphatic rings. The molecule has 162 valence electrons. The molecule has 0 radical (unpaired) electrons. The Balaban J connectivity index is 1.56. The van der Waals surface area contributed by atoms with Gasteiger partial charge < -0.3 is 4.90 Å². The Hall–Kier alpha value is -1.70. The first-order valence-corrected chi connectivity index (χ1v) is 13.5. The number of carbonyl (C=O) groups excluding carboxylic acids is 1. The number of carbonyl (C=O) groups is 1. The van der Waals surface area contributed by atoms with Crippen molar-refractivity contribution in [3.8, 4) is 0 Å². The van der Waals surface area contributed by atoms with E-state index in [1.54, 1.807) is 11.3 Å². The minimum atomic E-state index is -3.02. The van der Waals surface area contributed by atoms with Gasteiger partial charge in [0.15, 0.2) is 9.84 Å². The van der Waals surface area contributed by atoms with Crippen LogP contribution in [0, 0.1) is 0 Å². The molecule has 0 aliphatic carbocycles. The van der Waals surface area contributed by atoms with Crippen molar-refractivity contribution in [2.24, 2.45) is 0 Å². The van der Waals surface area contributed by atoms with Gasteiger partial charge in [0.05, 0.1) is 24.1 Å². The third-order valence-electron chi connectivity index (χ3n) is 6.24. The van der Waals surface area contributed by atoms with Crippen LogP contribution in [0.1, 0.15) is 48.2 Å². The van der Waals surface area contributed by atoms with E-state index in [4.69, 9.17) is 0 Å². The zero-order valence-electron chi connectivity index (χ0n) is 17.5. The zero-order chi connectivity index (χ0) is 21.1. The Morgan fingerprint density at radius 3 is 2.73 bits per heavy atom. The van der Waals surface area contributed by atoms with Crippen LogP contribution < -0.4 is 0 Å². The molecular formula is C23H30N2O3S2. The summed E-state index contributed by atoms with van der Waals surface area (Å²) in [4.78, 5) is 19.0. The minimum absolute atomic E-state index is 0.0603. The number of sulfone groups is 1. The molecular weight excluding hydrogens is 416 g/mol. The van der Waals surface area contributed by atoms with Crippen LogP contribution in [-0.2, 0) is 21.1 Å². The lowest BCUT2D eigenvalue weighted by atomic mass is 9.93. The van der Waals surface area contributed by atoms with Crippen molar-refractivity contribution in [2.75, 3.05) is 31.1 Å². The molecule has 0 bridgehead atoms. The quantitative estimate of drug-likeness (QED) is 0.653. The second-order valence-corrected chi connectivity index (χ2v) is 11.6. The summed E-state index contributed by atoms with van der Waals surface area (Å²) in [5.41, 5.74) is 2.50. The van der Waals surface area contributed by atoms with Gasteiger partial charge in [-0.2, -0.15) is 0 Å². The summed E-state index contributed by atoms with van der Waals surface area (Å²) in [5, 5.41) is 2.14. The van der Waals surface area contributed by atoms with E-state index in [0.717, 1.165) is 25.8 Å². The van der Waals surface area contributed by atoms with Crippen LogP contribution in [0.2, 0.25) is 0 Å². The molecule has 2 aliphatic heterocycles. The van der Waals surface area contributed by atoms with E-state index in [9.17, 15) is 13.2 Å². The summed E-state index contributed by atoms with van der Waals surface area (Å²) in [6.45, 7) is 3.91. The molecule has 3 heterocycles. The lowest BCUT2D eigenvalue weighted by molar-refractivity contribution is -0.135. The molecule has 0 spiro atoms. The van der Waals surface area contributed by atoms with E-state index >= 15 is 0 Å². The van der Waals surface area contributed by atoms with Gasteiger partial charge in [-0.15, -0.1) is 11.3 Å². The van der Waals surface area contributed by atoms with Crippen LogP contribution in [0.4, 0.5) is 0 Å². The maximum atomic E-state index is 13.4. The van der Waals surface area contributed by atoms with Crippen molar-refractivity contribution in [3.05, 3.63) is 57.8 Å². The van der Waals surface area contributed by atoms with Gasteiger partial charge in [-0.25, -0.2) is 8.42 Å². The van der Waals surface area contributed by atoms with Gasteiger partial charge in [-0.3, -0.25) is 9.69 Å². The molecule has 30 heavy (non-hydrogen) atoms. The monoisotopic (exact) mass is 446 g/mol. The lowest BCUT2D eigenvalue weighted by Gasteiger charge is -2.38. The van der Waals surface area contributed by atoms with Crippen LogP contribution in [0.3, 0.4) is 0 Å². The molecule has 0 N–H and O–H groups in total. The fraction of sp³-hybridized carbons (Fsp3) is 0.522. The first kappa shape index (κ1) is 21.5. The Bertz CT molecular complexity index is 971. The van der Waals surface area contributed by atoms with Crippen LogP contribution in [-0.4, -0.2) is 61.3 Å². The van der Waals surface area contributed by atoms with Crippen molar-refractivity contribution in [1.29, 1.82) is 0 Å². The number of nitrogens with zero attached hydrogens (tertiary/aromatic N) is 2. The Kier molecular flexibility index (Phi) is 6.60. The standard InChI is InChI=1S/C23H30N2O3S2/c1-2-3-12-25(19-11-15-30(27,28)17-19)22(26)16-24-13-9-21-20(10-14-29-21)23(24)18-7-5-4-6-8-18/h4-8,10,14,19,23H,2-3,9,11-13,15-17H2,1H3/t19-,23-/m0/s1. The van der Waals surface area contributed by atoms with Crippen LogP contribution >= 0.6 is 11.3 Å². The maximum absolute atomic E-state index is 13.4. The predicted octanol–water partition coefficient (Wildman–Crippen LogP) is 3.51. The Labute approximate surface area is 183 Å². The van der Waals surface area contributed by atoms with E-state index in [2.05, 4.69) is 35.4 Å². The summed E-state index contributed by atoms with van der Waals surface area (Å²) in [6.07, 6.45) is 3.40. The highest BCUT2D eigenvalue weighted by Gasteiger charge is 2.36. The zero-order valence-corrected chi connectivity index (χ0v) is 19.1. The molecule has 7 heteroatoms. The second kappa shape index (κ2) is 9.20. The molecule has 1 aromatic carbocycles. The van der Waals surface area contributed by atoms with E-state index in [1.807, 2.05) is 23.1 Å². The minimum Gasteiger partial charge on any atom is -0.338 e. The van der Waals surface area contributed by atoms with E-state index in [1.165, 1.54) is 16.0 Å². The fourth-order valence-electron chi connectivity index (χ4n) is 4.69. The normalized spacial score (nSPS) is 23.2. The van der Waals surface area contributed by atoms with E-state index < -0.39 is 9.84 Å². The SMILES string of the molecule is CCCCN(C(=O)CN1CCc2sccc2[C@@H]1c1ccccc1)[C@H]1CCS(=O)(=O)C1. The highest BCUT2D eigenvalue weighted by atomic mass is 32.2. The lowest BCUT2D eigenvalue weighted by Crippen LogP contribution is -2.48. The van der Waals surface area contributed by atoms with Crippen LogP contribution in [0.5, 0.6) is 0 Å². The first-order chi connectivity index (χ1) is 14.5. The Morgan fingerprint density at radius 2 is 2.03 bits per heavy atom. The largest absolute Gasteiger partial charge is 0.338 e. The fourth-order valence-corrected chi connectivity index (χ4v) is 7.32. The number of hydrogen-bond acceptors (Lipinski definition) is 5. The molecule has 4 rings (SSSR count). The van der Waals surface area contributed by atoms with Crippen molar-refractivity contribution in [2.45, 2.75) is 44.7 Å². The number of rotatable bonds is 7. The van der Waals surface area contributed by atoms with Crippen molar-refractivity contribution in [1.82, 2.24) is 9.80 Å². The maximum Gasteiger partial charge on any atom is 0.237 e. The molecule has 1 amide bonds. The summed E-state index contributed by atoms with van der Waals surface area (Å²) in [7, 11) is -3.02. The van der Waals surface area contributed by atoms with E-state index in [-0.39, 0.29) is 29.5 Å². The third kappa shape index (κ3) is 4.63. The van der Waals surface area contributed by atoms with Crippen molar-refractivity contribution < 1.29 is 13.2 Å². The van der Waals surface area contributed by atoms with Crippen molar-refractivity contribution >= 4 is 27.1 Å². The molecule has 1 saturated heterocycles. The molecule has 1 fully saturated rings. The van der Waals surface area contributed by atoms with Gasteiger partial charge in [-0.05, 0) is 41.8 Å². The average Bonchev–Trinajstić information content (AvgIpc) is 3.35. The van der Waals surface area contributed by atoms with E-state index in [0.29, 0.717) is 19.5 Å². The molecule has 2 aromatic rings. The number of thiophene rings is 1. The first-order valence-electron chi connectivity index (χ1n) is 10.8. The molecule has 0 unspecified atom stereocenters. The summed E-state index contributed by atoms with van der Waals surface area (Å²) >= 11 is 1.79. The number of amides is 1. The molecule has 2 atom stereocenters. The molecule has 1 aromatic heterocycles. The third-order valence-corrected chi connectivity index (χ3v) is 8.99.